The molecule has 1 N–H and O–H groups in total. The Kier molecular flexibility index (Phi) is 2.50. The lowest BCUT2D eigenvalue weighted by atomic mass is 10.2. The second-order valence-corrected chi connectivity index (χ2v) is 3.61. The van der Waals surface area contributed by atoms with Crippen LogP contribution in [0.4, 0.5) is 5.82 Å². The number of benzene rings is 1. The van der Waals surface area contributed by atoms with E-state index in [4.69, 9.17) is 9.47 Å². The largest absolute Gasteiger partial charge is 0.454 e. The predicted octanol–water partition coefficient (Wildman–Crippen LogP) is 1.82. The van der Waals surface area contributed by atoms with E-state index in [1.54, 1.807) is 6.20 Å². The molecule has 5 nitrogen and oxygen atoms in total. The standard InChI is InChI=1S/C12H11N3O2/c1-3-9(12-10(4-1)16-8-17-12)7-13-11-5-2-6-14-15-11/h1-6H,7-8H2,(H,13,15). The van der Waals surface area contributed by atoms with Crippen LogP contribution in [0.5, 0.6) is 11.5 Å². The Morgan fingerprint density at radius 3 is 3.06 bits per heavy atom. The van der Waals surface area contributed by atoms with Crippen molar-refractivity contribution in [3.8, 4) is 11.5 Å². The summed E-state index contributed by atoms with van der Waals surface area (Å²) in [7, 11) is 0. The molecule has 5 heteroatoms. The van der Waals surface area contributed by atoms with Crippen molar-refractivity contribution >= 4 is 5.82 Å². The van der Waals surface area contributed by atoms with E-state index >= 15 is 0 Å². The van der Waals surface area contributed by atoms with Gasteiger partial charge in [0, 0.05) is 18.3 Å². The second-order valence-electron chi connectivity index (χ2n) is 3.61. The third kappa shape index (κ3) is 1.99. The summed E-state index contributed by atoms with van der Waals surface area (Å²) in [6.07, 6.45) is 1.64. The zero-order valence-corrected chi connectivity index (χ0v) is 9.09. The number of ether oxygens (including phenoxy) is 2. The maximum atomic E-state index is 5.42. The van der Waals surface area contributed by atoms with Gasteiger partial charge in [-0.1, -0.05) is 12.1 Å². The van der Waals surface area contributed by atoms with Crippen LogP contribution in [0.15, 0.2) is 36.5 Å². The van der Waals surface area contributed by atoms with Crippen molar-refractivity contribution < 1.29 is 9.47 Å². The van der Waals surface area contributed by atoms with Gasteiger partial charge in [0.15, 0.2) is 11.5 Å². The van der Waals surface area contributed by atoms with Crippen molar-refractivity contribution in [2.45, 2.75) is 6.54 Å². The zero-order valence-electron chi connectivity index (χ0n) is 9.09. The Morgan fingerprint density at radius 1 is 1.18 bits per heavy atom. The average Bonchev–Trinajstić information content (AvgIpc) is 2.86. The van der Waals surface area contributed by atoms with Crippen LogP contribution < -0.4 is 14.8 Å². The van der Waals surface area contributed by atoms with Crippen molar-refractivity contribution in [2.24, 2.45) is 0 Å². The molecule has 2 aromatic rings. The number of hydrogen-bond donors (Lipinski definition) is 1. The van der Waals surface area contributed by atoms with Crippen molar-refractivity contribution in [3.63, 3.8) is 0 Å². The van der Waals surface area contributed by atoms with Gasteiger partial charge in [-0.15, -0.1) is 5.10 Å². The van der Waals surface area contributed by atoms with Crippen LogP contribution >= 0.6 is 0 Å². The third-order valence-electron chi connectivity index (χ3n) is 2.51. The average molecular weight is 229 g/mol. The Balaban J connectivity index is 1.76. The topological polar surface area (TPSA) is 56.3 Å². The lowest BCUT2D eigenvalue weighted by Gasteiger charge is -2.07. The van der Waals surface area contributed by atoms with Gasteiger partial charge in [0.25, 0.3) is 0 Å². The Morgan fingerprint density at radius 2 is 2.18 bits per heavy atom. The molecule has 0 amide bonds. The van der Waals surface area contributed by atoms with Gasteiger partial charge >= 0.3 is 0 Å². The summed E-state index contributed by atoms with van der Waals surface area (Å²) in [6.45, 7) is 0.919. The van der Waals surface area contributed by atoms with E-state index in [-0.39, 0.29) is 6.79 Å². The normalized spacial score (nSPS) is 12.5. The van der Waals surface area contributed by atoms with E-state index in [1.807, 2.05) is 30.3 Å². The summed E-state index contributed by atoms with van der Waals surface area (Å²) in [5.41, 5.74) is 1.05. The van der Waals surface area contributed by atoms with Gasteiger partial charge in [0.1, 0.15) is 5.82 Å². The van der Waals surface area contributed by atoms with E-state index in [1.165, 1.54) is 0 Å². The molecule has 1 aromatic heterocycles. The first kappa shape index (κ1) is 9.89. The summed E-state index contributed by atoms with van der Waals surface area (Å²) < 4.78 is 10.7. The molecule has 17 heavy (non-hydrogen) atoms. The van der Waals surface area contributed by atoms with Gasteiger partial charge in [0.05, 0.1) is 0 Å². The number of nitrogens with one attached hydrogen (secondary N) is 1. The third-order valence-corrected chi connectivity index (χ3v) is 2.51. The molecule has 2 heterocycles. The highest BCUT2D eigenvalue weighted by molar-refractivity contribution is 5.49. The number of aromatic nitrogens is 2. The number of nitrogens with zero attached hydrogens (tertiary/aromatic N) is 2. The van der Waals surface area contributed by atoms with Crippen LogP contribution in [0.2, 0.25) is 0 Å². The summed E-state index contributed by atoms with van der Waals surface area (Å²) in [5.74, 6) is 2.34. The number of hydrogen-bond acceptors (Lipinski definition) is 5. The summed E-state index contributed by atoms with van der Waals surface area (Å²) in [5, 5.41) is 10.9. The van der Waals surface area contributed by atoms with Gasteiger partial charge in [0.2, 0.25) is 6.79 Å². The maximum Gasteiger partial charge on any atom is 0.231 e. The molecule has 3 rings (SSSR count). The molecule has 0 aliphatic carbocycles. The Labute approximate surface area is 98.4 Å². The summed E-state index contributed by atoms with van der Waals surface area (Å²) in [4.78, 5) is 0. The lowest BCUT2D eigenvalue weighted by Crippen LogP contribution is -2.03. The molecule has 0 saturated heterocycles. The van der Waals surface area contributed by atoms with E-state index in [9.17, 15) is 0 Å². The highest BCUT2D eigenvalue weighted by Gasteiger charge is 2.16. The molecular weight excluding hydrogens is 218 g/mol. The van der Waals surface area contributed by atoms with E-state index < -0.39 is 0 Å². The van der Waals surface area contributed by atoms with Gasteiger partial charge in [-0.2, -0.15) is 5.10 Å². The quantitative estimate of drug-likeness (QED) is 0.870. The van der Waals surface area contributed by atoms with Gasteiger partial charge in [-0.05, 0) is 18.2 Å². The molecule has 1 aliphatic heterocycles. The molecule has 0 radical (unpaired) electrons. The lowest BCUT2D eigenvalue weighted by molar-refractivity contribution is 0.173. The first-order chi connectivity index (χ1) is 8.43. The van der Waals surface area contributed by atoms with E-state index in [0.29, 0.717) is 6.54 Å². The molecule has 0 atom stereocenters. The second kappa shape index (κ2) is 4.29. The zero-order chi connectivity index (χ0) is 11.5. The fraction of sp³-hybridized carbons (Fsp3) is 0.167. The first-order valence-electron chi connectivity index (χ1n) is 5.32. The number of para-hydroxylation sites is 1. The predicted molar refractivity (Wildman–Crippen MR) is 61.9 cm³/mol. The first-order valence-corrected chi connectivity index (χ1v) is 5.32. The van der Waals surface area contributed by atoms with Gasteiger partial charge < -0.3 is 14.8 Å². The summed E-state index contributed by atoms with van der Waals surface area (Å²) in [6, 6.07) is 9.55. The van der Waals surface area contributed by atoms with Gasteiger partial charge in [-0.3, -0.25) is 0 Å². The Hall–Kier alpha value is -2.30. The number of anilines is 1. The van der Waals surface area contributed by atoms with Crippen molar-refractivity contribution in [1.29, 1.82) is 0 Å². The molecule has 86 valence electrons. The smallest absolute Gasteiger partial charge is 0.231 e. The number of fused-ring (bicyclic) bond motifs is 1. The fourth-order valence-corrected chi connectivity index (χ4v) is 1.71. The Bertz CT molecular complexity index is 516. The molecule has 1 aromatic carbocycles. The highest BCUT2D eigenvalue weighted by Crippen LogP contribution is 2.35. The SMILES string of the molecule is c1cnnc(NCc2cccc3c2OCO3)c1. The minimum Gasteiger partial charge on any atom is -0.454 e. The monoisotopic (exact) mass is 229 g/mol. The minimum absolute atomic E-state index is 0.289. The van der Waals surface area contributed by atoms with Crippen LogP contribution in [0.1, 0.15) is 5.56 Å². The maximum absolute atomic E-state index is 5.42. The van der Waals surface area contributed by atoms with E-state index in [2.05, 4.69) is 15.5 Å². The van der Waals surface area contributed by atoms with Crippen molar-refractivity contribution in [2.75, 3.05) is 12.1 Å². The van der Waals surface area contributed by atoms with Crippen LogP contribution in [-0.2, 0) is 6.54 Å². The van der Waals surface area contributed by atoms with E-state index in [0.717, 1.165) is 22.9 Å². The van der Waals surface area contributed by atoms with Crippen LogP contribution in [0.3, 0.4) is 0 Å². The van der Waals surface area contributed by atoms with Crippen LogP contribution in [-0.4, -0.2) is 17.0 Å². The number of rotatable bonds is 3. The van der Waals surface area contributed by atoms with Crippen molar-refractivity contribution in [3.05, 3.63) is 42.1 Å². The molecular formula is C12H11N3O2. The molecule has 0 bridgehead atoms. The van der Waals surface area contributed by atoms with Crippen LogP contribution in [0, 0.1) is 0 Å². The molecule has 1 aliphatic rings. The molecule has 0 unspecified atom stereocenters. The van der Waals surface area contributed by atoms with Crippen LogP contribution in [0.25, 0.3) is 0 Å². The minimum atomic E-state index is 0.289. The highest BCUT2D eigenvalue weighted by atomic mass is 16.7. The molecule has 0 spiro atoms. The molecule has 0 fully saturated rings. The van der Waals surface area contributed by atoms with Crippen molar-refractivity contribution in [1.82, 2.24) is 10.2 Å². The fourth-order valence-electron chi connectivity index (χ4n) is 1.71. The molecule has 0 saturated carbocycles. The summed E-state index contributed by atoms with van der Waals surface area (Å²) >= 11 is 0. The van der Waals surface area contributed by atoms with Gasteiger partial charge in [-0.25, -0.2) is 0 Å².